The molecule has 0 saturated carbocycles. The average Bonchev–Trinajstić information content (AvgIpc) is 2.91. The molecule has 2 amide bonds. The molecular weight excluding hydrogens is 442 g/mol. The van der Waals surface area contributed by atoms with E-state index in [1.54, 1.807) is 19.3 Å². The Morgan fingerprint density at radius 3 is 2.68 bits per heavy atom. The van der Waals surface area contributed by atoms with E-state index in [0.29, 0.717) is 23.0 Å². The highest BCUT2D eigenvalue weighted by Gasteiger charge is 2.35. The molecule has 7 heteroatoms. The Hall–Kier alpha value is -2.25. The maximum absolute atomic E-state index is 12.8. The van der Waals surface area contributed by atoms with Gasteiger partial charge in [-0.25, -0.2) is 0 Å². The highest BCUT2D eigenvalue weighted by atomic mass is 79.9. The lowest BCUT2D eigenvalue weighted by Crippen LogP contribution is -2.27. The van der Waals surface area contributed by atoms with Gasteiger partial charge in [0, 0.05) is 0 Å². The molecule has 3 rings (SSSR count). The summed E-state index contributed by atoms with van der Waals surface area (Å²) in [6, 6.07) is 11.4. The Balaban J connectivity index is 1.86. The van der Waals surface area contributed by atoms with Gasteiger partial charge >= 0.3 is 0 Å². The predicted octanol–water partition coefficient (Wildman–Crippen LogP) is 5.40. The van der Waals surface area contributed by atoms with Gasteiger partial charge in [0.15, 0.2) is 11.5 Å². The largest absolute Gasteiger partial charge is 0.493 e. The normalized spacial score (nSPS) is 15.4. The van der Waals surface area contributed by atoms with Gasteiger partial charge in [-0.05, 0) is 70.9 Å². The van der Waals surface area contributed by atoms with Crippen LogP contribution in [0.5, 0.6) is 11.5 Å². The molecule has 0 aromatic heterocycles. The van der Waals surface area contributed by atoms with Crippen molar-refractivity contribution in [3.05, 3.63) is 62.5 Å². The summed E-state index contributed by atoms with van der Waals surface area (Å²) in [6.07, 6.45) is 1.70. The van der Waals surface area contributed by atoms with Crippen molar-refractivity contribution in [2.75, 3.05) is 13.7 Å². The van der Waals surface area contributed by atoms with Gasteiger partial charge in [-0.2, -0.15) is 0 Å². The number of hydrogen-bond donors (Lipinski definition) is 0. The topological polar surface area (TPSA) is 55.8 Å². The van der Waals surface area contributed by atoms with E-state index in [-0.39, 0.29) is 17.7 Å². The lowest BCUT2D eigenvalue weighted by Gasteiger charge is -2.13. The monoisotopic (exact) mass is 461 g/mol. The maximum atomic E-state index is 12.8. The molecule has 0 bridgehead atoms. The summed E-state index contributed by atoms with van der Waals surface area (Å²) in [7, 11) is 1.56. The van der Waals surface area contributed by atoms with Gasteiger partial charge < -0.3 is 9.47 Å². The Labute approximate surface area is 176 Å². The number of halogens is 1. The summed E-state index contributed by atoms with van der Waals surface area (Å²) in [6.45, 7) is 4.64. The fourth-order valence-corrected chi connectivity index (χ4v) is 4.30. The number of amides is 2. The van der Waals surface area contributed by atoms with E-state index < -0.39 is 0 Å². The lowest BCUT2D eigenvalue weighted by molar-refractivity contribution is -0.123. The first-order valence-electron chi connectivity index (χ1n) is 8.74. The Morgan fingerprint density at radius 1 is 1.21 bits per heavy atom. The molecule has 1 saturated heterocycles. The van der Waals surface area contributed by atoms with Crippen molar-refractivity contribution in [2.45, 2.75) is 20.4 Å². The van der Waals surface area contributed by atoms with Crippen molar-refractivity contribution in [1.29, 1.82) is 0 Å². The smallest absolute Gasteiger partial charge is 0.293 e. The number of hydrogen-bond acceptors (Lipinski definition) is 5. The van der Waals surface area contributed by atoms with Crippen molar-refractivity contribution >= 4 is 44.9 Å². The first kappa shape index (κ1) is 20.5. The third-order valence-corrected chi connectivity index (χ3v) is 5.63. The molecule has 5 nitrogen and oxygen atoms in total. The number of imide groups is 1. The summed E-state index contributed by atoms with van der Waals surface area (Å²) in [5.74, 6) is 0.872. The molecule has 2 aromatic rings. The molecule has 146 valence electrons. The number of ether oxygens (including phenoxy) is 2. The quantitative estimate of drug-likeness (QED) is 0.538. The second kappa shape index (κ2) is 8.84. The highest BCUT2D eigenvalue weighted by Crippen LogP contribution is 2.39. The van der Waals surface area contributed by atoms with Crippen LogP contribution in [0.3, 0.4) is 0 Å². The molecule has 0 aliphatic carbocycles. The minimum Gasteiger partial charge on any atom is -0.493 e. The minimum atomic E-state index is -0.291. The van der Waals surface area contributed by atoms with Gasteiger partial charge in [-0.1, -0.05) is 29.8 Å². The summed E-state index contributed by atoms with van der Waals surface area (Å²) in [5, 5.41) is -0.269. The molecule has 0 spiro atoms. The summed E-state index contributed by atoms with van der Waals surface area (Å²) in [4.78, 5) is 26.8. The molecule has 0 radical (unpaired) electrons. The first-order valence-corrected chi connectivity index (χ1v) is 10.3. The fourth-order valence-electron chi connectivity index (χ4n) is 2.89. The van der Waals surface area contributed by atoms with Crippen LogP contribution in [0.25, 0.3) is 6.08 Å². The number of benzene rings is 2. The first-order chi connectivity index (χ1) is 13.4. The Bertz CT molecular complexity index is 957. The third kappa shape index (κ3) is 4.42. The van der Waals surface area contributed by atoms with Crippen LogP contribution in [-0.2, 0) is 11.3 Å². The van der Waals surface area contributed by atoms with E-state index in [1.165, 1.54) is 4.90 Å². The average molecular weight is 462 g/mol. The van der Waals surface area contributed by atoms with Crippen LogP contribution in [0, 0.1) is 6.92 Å². The zero-order valence-corrected chi connectivity index (χ0v) is 18.2. The van der Waals surface area contributed by atoms with Gasteiger partial charge in [0.1, 0.15) is 0 Å². The molecule has 0 unspecified atom stereocenters. The molecule has 1 heterocycles. The van der Waals surface area contributed by atoms with Crippen LogP contribution in [0.2, 0.25) is 0 Å². The van der Waals surface area contributed by atoms with E-state index in [2.05, 4.69) is 15.9 Å². The van der Waals surface area contributed by atoms with Crippen molar-refractivity contribution in [1.82, 2.24) is 4.90 Å². The van der Waals surface area contributed by atoms with Crippen LogP contribution >= 0.6 is 27.7 Å². The van der Waals surface area contributed by atoms with E-state index in [4.69, 9.17) is 9.47 Å². The highest BCUT2D eigenvalue weighted by molar-refractivity contribution is 9.10. The van der Waals surface area contributed by atoms with E-state index in [0.717, 1.165) is 32.9 Å². The summed E-state index contributed by atoms with van der Waals surface area (Å²) in [5.41, 5.74) is 2.76. The molecule has 1 fully saturated rings. The van der Waals surface area contributed by atoms with E-state index in [9.17, 15) is 9.59 Å². The predicted molar refractivity (Wildman–Crippen MR) is 115 cm³/mol. The molecule has 0 atom stereocenters. The van der Waals surface area contributed by atoms with Gasteiger partial charge in [-0.3, -0.25) is 14.5 Å². The second-order valence-electron chi connectivity index (χ2n) is 6.22. The molecule has 28 heavy (non-hydrogen) atoms. The standard InChI is InChI=1S/C21H20BrNO4S/c1-4-27-19-16(22)9-15(10-17(19)26-3)11-18-20(24)23(21(25)28-18)12-14-7-5-6-13(2)8-14/h5-11H,4,12H2,1-3H3/b18-11+. The number of carbonyl (C=O) groups excluding carboxylic acids is 2. The number of aryl methyl sites for hydroxylation is 1. The van der Waals surface area contributed by atoms with Gasteiger partial charge in [0.05, 0.1) is 29.6 Å². The zero-order valence-electron chi connectivity index (χ0n) is 15.8. The van der Waals surface area contributed by atoms with Gasteiger partial charge in [0.25, 0.3) is 11.1 Å². The second-order valence-corrected chi connectivity index (χ2v) is 8.07. The number of nitrogens with zero attached hydrogens (tertiary/aromatic N) is 1. The van der Waals surface area contributed by atoms with Gasteiger partial charge in [-0.15, -0.1) is 0 Å². The Kier molecular flexibility index (Phi) is 6.46. The molecule has 1 aliphatic heterocycles. The van der Waals surface area contributed by atoms with Gasteiger partial charge in [0.2, 0.25) is 0 Å². The van der Waals surface area contributed by atoms with Crippen molar-refractivity contribution in [3.63, 3.8) is 0 Å². The maximum Gasteiger partial charge on any atom is 0.293 e. The van der Waals surface area contributed by atoms with Crippen LogP contribution in [0.15, 0.2) is 45.8 Å². The van der Waals surface area contributed by atoms with Crippen LogP contribution in [0.4, 0.5) is 4.79 Å². The third-order valence-electron chi connectivity index (χ3n) is 4.13. The fraction of sp³-hybridized carbons (Fsp3) is 0.238. The number of carbonyl (C=O) groups is 2. The zero-order chi connectivity index (χ0) is 20.3. The van der Waals surface area contributed by atoms with Crippen LogP contribution in [0.1, 0.15) is 23.6 Å². The van der Waals surface area contributed by atoms with Crippen molar-refractivity contribution in [3.8, 4) is 11.5 Å². The molecule has 1 aliphatic rings. The molecular formula is C21H20BrNO4S. The van der Waals surface area contributed by atoms with Crippen LogP contribution in [-0.4, -0.2) is 29.8 Å². The van der Waals surface area contributed by atoms with E-state index in [1.807, 2.05) is 44.2 Å². The van der Waals surface area contributed by atoms with Crippen molar-refractivity contribution < 1.29 is 19.1 Å². The molecule has 2 aromatic carbocycles. The SMILES string of the molecule is CCOc1c(Br)cc(/C=C2/SC(=O)N(Cc3cccc(C)c3)C2=O)cc1OC. The number of thioether (sulfide) groups is 1. The summed E-state index contributed by atoms with van der Waals surface area (Å²) < 4.78 is 11.7. The van der Waals surface area contributed by atoms with E-state index >= 15 is 0 Å². The Morgan fingerprint density at radius 2 is 2.00 bits per heavy atom. The van der Waals surface area contributed by atoms with Crippen LogP contribution < -0.4 is 9.47 Å². The number of methoxy groups -OCH3 is 1. The summed E-state index contributed by atoms with van der Waals surface area (Å²) >= 11 is 4.42. The van der Waals surface area contributed by atoms with Crippen molar-refractivity contribution in [2.24, 2.45) is 0 Å². The lowest BCUT2D eigenvalue weighted by atomic mass is 10.1. The minimum absolute atomic E-state index is 0.264. The molecule has 0 N–H and O–H groups in total. The number of rotatable bonds is 6.